The van der Waals surface area contributed by atoms with Crippen LogP contribution in [-0.2, 0) is 4.79 Å². The Morgan fingerprint density at radius 2 is 2.17 bits per heavy atom. The summed E-state index contributed by atoms with van der Waals surface area (Å²) in [5.74, 6) is 0.242. The molecule has 1 aliphatic heterocycles. The van der Waals surface area contributed by atoms with Gasteiger partial charge in [0.2, 0.25) is 5.91 Å². The summed E-state index contributed by atoms with van der Waals surface area (Å²) in [5, 5.41) is 1.12. The number of hydrogen-bond acceptors (Lipinski definition) is 1. The van der Waals surface area contributed by atoms with Crippen molar-refractivity contribution >= 4 is 29.1 Å². The predicted octanol–water partition coefficient (Wildman–Crippen LogP) is 4.46. The molecule has 0 N–H and O–H groups in total. The van der Waals surface area contributed by atoms with Gasteiger partial charge in [0.25, 0.3) is 0 Å². The van der Waals surface area contributed by atoms with Crippen LogP contribution in [0.3, 0.4) is 0 Å². The Labute approximate surface area is 118 Å². The number of rotatable bonds is 3. The van der Waals surface area contributed by atoms with E-state index in [0.717, 1.165) is 31.4 Å². The van der Waals surface area contributed by atoms with Crippen molar-refractivity contribution in [2.75, 3.05) is 6.54 Å². The molecule has 18 heavy (non-hydrogen) atoms. The van der Waals surface area contributed by atoms with Crippen molar-refractivity contribution in [1.29, 1.82) is 0 Å². The lowest BCUT2D eigenvalue weighted by Gasteiger charge is -2.25. The van der Waals surface area contributed by atoms with Gasteiger partial charge in [0.15, 0.2) is 0 Å². The van der Waals surface area contributed by atoms with Crippen LogP contribution in [0.1, 0.15) is 44.2 Å². The monoisotopic (exact) mass is 285 g/mol. The first-order chi connectivity index (χ1) is 8.63. The molecule has 0 saturated carbocycles. The number of carbonyl (C=O) groups excluding carboxylic acids is 1. The Hall–Kier alpha value is -0.730. The van der Waals surface area contributed by atoms with Gasteiger partial charge in [-0.15, -0.1) is 0 Å². The molecule has 1 fully saturated rings. The van der Waals surface area contributed by atoms with Crippen LogP contribution in [0.15, 0.2) is 18.2 Å². The molecule has 1 heterocycles. The molecule has 1 unspecified atom stereocenters. The molecule has 98 valence electrons. The molecular formula is C14H17Cl2NO. The number of likely N-dealkylation sites (tertiary alicyclic amines) is 1. The number of amides is 1. The van der Waals surface area contributed by atoms with Crippen LogP contribution in [0.4, 0.5) is 0 Å². The largest absolute Gasteiger partial charge is 0.336 e. The number of carbonyl (C=O) groups is 1. The zero-order valence-electron chi connectivity index (χ0n) is 10.5. The van der Waals surface area contributed by atoms with E-state index in [0.29, 0.717) is 16.5 Å². The minimum absolute atomic E-state index is 0.166. The van der Waals surface area contributed by atoms with Gasteiger partial charge in [-0.05, 0) is 37.0 Å². The van der Waals surface area contributed by atoms with Gasteiger partial charge in [-0.2, -0.15) is 0 Å². The number of hydrogen-bond donors (Lipinski definition) is 0. The van der Waals surface area contributed by atoms with Crippen LogP contribution in [0.2, 0.25) is 10.0 Å². The zero-order chi connectivity index (χ0) is 13.1. The molecule has 0 aromatic heterocycles. The molecule has 0 aliphatic carbocycles. The van der Waals surface area contributed by atoms with Gasteiger partial charge in [-0.1, -0.05) is 36.2 Å². The lowest BCUT2D eigenvalue weighted by atomic mass is 10.0. The fourth-order valence-corrected chi connectivity index (χ4v) is 2.80. The second kappa shape index (κ2) is 5.94. The number of nitrogens with zero attached hydrogens (tertiary/aromatic N) is 1. The Bertz CT molecular complexity index is 447. The maximum Gasteiger partial charge on any atom is 0.223 e. The van der Waals surface area contributed by atoms with Crippen LogP contribution >= 0.6 is 23.2 Å². The summed E-state index contributed by atoms with van der Waals surface area (Å²) in [5.41, 5.74) is 1.09. The van der Waals surface area contributed by atoms with E-state index >= 15 is 0 Å². The molecule has 1 aromatic rings. The summed E-state index contributed by atoms with van der Waals surface area (Å²) in [6, 6.07) is 5.82. The minimum Gasteiger partial charge on any atom is -0.336 e. The molecule has 0 radical (unpaired) electrons. The SMILES string of the molecule is CCCC(=O)N1CCCC1c1ccc(Cl)c(Cl)c1. The van der Waals surface area contributed by atoms with Gasteiger partial charge in [-0.3, -0.25) is 4.79 Å². The van der Waals surface area contributed by atoms with Crippen molar-refractivity contribution in [3.05, 3.63) is 33.8 Å². The van der Waals surface area contributed by atoms with Gasteiger partial charge >= 0.3 is 0 Å². The molecule has 0 bridgehead atoms. The minimum atomic E-state index is 0.166. The Morgan fingerprint density at radius 3 is 2.83 bits per heavy atom. The molecule has 2 nitrogen and oxygen atoms in total. The molecule has 1 aromatic carbocycles. The quantitative estimate of drug-likeness (QED) is 0.803. The average molecular weight is 286 g/mol. The first-order valence-electron chi connectivity index (χ1n) is 6.38. The summed E-state index contributed by atoms with van der Waals surface area (Å²) in [7, 11) is 0. The van der Waals surface area contributed by atoms with Crippen LogP contribution < -0.4 is 0 Å². The van der Waals surface area contributed by atoms with E-state index in [1.165, 1.54) is 0 Å². The van der Waals surface area contributed by atoms with E-state index in [1.807, 2.05) is 24.0 Å². The molecule has 1 aliphatic rings. The maximum absolute atomic E-state index is 12.0. The van der Waals surface area contributed by atoms with E-state index in [-0.39, 0.29) is 11.9 Å². The molecular weight excluding hydrogens is 269 g/mol. The third-order valence-corrected chi connectivity index (χ3v) is 4.10. The van der Waals surface area contributed by atoms with Crippen LogP contribution in [0.5, 0.6) is 0 Å². The fraction of sp³-hybridized carbons (Fsp3) is 0.500. The van der Waals surface area contributed by atoms with Crippen LogP contribution in [0.25, 0.3) is 0 Å². The first kappa shape index (κ1) is 13.7. The molecule has 1 saturated heterocycles. The first-order valence-corrected chi connectivity index (χ1v) is 7.13. The highest BCUT2D eigenvalue weighted by molar-refractivity contribution is 6.42. The average Bonchev–Trinajstić information content (AvgIpc) is 2.82. The summed E-state index contributed by atoms with van der Waals surface area (Å²) in [6.07, 6.45) is 3.58. The van der Waals surface area contributed by atoms with Crippen molar-refractivity contribution in [3.63, 3.8) is 0 Å². The standard InChI is InChI=1S/C14H17Cl2NO/c1-2-4-14(18)17-8-3-5-13(17)10-6-7-11(15)12(16)9-10/h6-7,9,13H,2-5,8H2,1H3. The van der Waals surface area contributed by atoms with Crippen molar-refractivity contribution in [2.45, 2.75) is 38.6 Å². The molecule has 2 rings (SSSR count). The van der Waals surface area contributed by atoms with Crippen molar-refractivity contribution in [2.24, 2.45) is 0 Å². The summed E-state index contributed by atoms with van der Waals surface area (Å²) in [6.45, 7) is 2.88. The van der Waals surface area contributed by atoms with Crippen LogP contribution in [0, 0.1) is 0 Å². The van der Waals surface area contributed by atoms with E-state index in [1.54, 1.807) is 6.07 Å². The second-order valence-corrected chi connectivity index (χ2v) is 5.48. The number of halogens is 2. The maximum atomic E-state index is 12.0. The highest BCUT2D eigenvalue weighted by Gasteiger charge is 2.29. The number of benzene rings is 1. The third-order valence-electron chi connectivity index (χ3n) is 3.37. The Balaban J connectivity index is 2.20. The van der Waals surface area contributed by atoms with Gasteiger partial charge in [-0.25, -0.2) is 0 Å². The van der Waals surface area contributed by atoms with Crippen molar-refractivity contribution < 1.29 is 4.79 Å². The van der Waals surface area contributed by atoms with E-state index in [4.69, 9.17) is 23.2 Å². The highest BCUT2D eigenvalue weighted by atomic mass is 35.5. The summed E-state index contributed by atoms with van der Waals surface area (Å²) < 4.78 is 0. The second-order valence-electron chi connectivity index (χ2n) is 4.67. The van der Waals surface area contributed by atoms with Gasteiger partial charge in [0.1, 0.15) is 0 Å². The van der Waals surface area contributed by atoms with Crippen molar-refractivity contribution in [3.8, 4) is 0 Å². The smallest absolute Gasteiger partial charge is 0.223 e. The van der Waals surface area contributed by atoms with Gasteiger partial charge < -0.3 is 4.90 Å². The Morgan fingerprint density at radius 1 is 1.39 bits per heavy atom. The third kappa shape index (κ3) is 2.81. The Kier molecular flexibility index (Phi) is 4.52. The fourth-order valence-electron chi connectivity index (χ4n) is 2.49. The lowest BCUT2D eigenvalue weighted by Crippen LogP contribution is -2.30. The summed E-state index contributed by atoms with van der Waals surface area (Å²) >= 11 is 12.0. The van der Waals surface area contributed by atoms with Gasteiger partial charge in [0.05, 0.1) is 16.1 Å². The predicted molar refractivity (Wildman–Crippen MR) is 75.1 cm³/mol. The molecule has 4 heteroatoms. The highest BCUT2D eigenvalue weighted by Crippen LogP contribution is 2.35. The molecule has 1 atom stereocenters. The summed E-state index contributed by atoms with van der Waals surface area (Å²) in [4.78, 5) is 14.0. The van der Waals surface area contributed by atoms with Crippen LogP contribution in [-0.4, -0.2) is 17.4 Å². The zero-order valence-corrected chi connectivity index (χ0v) is 12.0. The molecule has 1 amide bonds. The lowest BCUT2D eigenvalue weighted by molar-refractivity contribution is -0.132. The van der Waals surface area contributed by atoms with Crippen molar-refractivity contribution in [1.82, 2.24) is 4.90 Å². The van der Waals surface area contributed by atoms with E-state index in [2.05, 4.69) is 0 Å². The normalized spacial score (nSPS) is 19.3. The molecule has 0 spiro atoms. The van der Waals surface area contributed by atoms with E-state index < -0.39 is 0 Å². The van der Waals surface area contributed by atoms with E-state index in [9.17, 15) is 4.79 Å². The topological polar surface area (TPSA) is 20.3 Å². The van der Waals surface area contributed by atoms with Gasteiger partial charge in [0, 0.05) is 13.0 Å².